The van der Waals surface area contributed by atoms with E-state index in [2.05, 4.69) is 25.9 Å². The largest absolute Gasteiger partial charge is 0.480 e. The number of aromatic nitrogens is 2. The molecule has 6 nitrogen and oxygen atoms in total. The predicted octanol–water partition coefficient (Wildman–Crippen LogP) is -0.211. The summed E-state index contributed by atoms with van der Waals surface area (Å²) in [5, 5.41) is 18.8. The molecule has 2 N–H and O–H groups in total. The van der Waals surface area contributed by atoms with E-state index < -0.39 is 12.2 Å². The Kier molecular flexibility index (Phi) is 3.27. The fourth-order valence-corrected chi connectivity index (χ4v) is 1.92. The van der Waals surface area contributed by atoms with Crippen molar-refractivity contribution in [2.45, 2.75) is 12.2 Å². The van der Waals surface area contributed by atoms with Crippen LogP contribution >= 0.6 is 15.9 Å². The first-order valence-corrected chi connectivity index (χ1v) is 5.58. The van der Waals surface area contributed by atoms with Crippen molar-refractivity contribution in [3.8, 4) is 5.88 Å². The van der Waals surface area contributed by atoms with E-state index in [-0.39, 0.29) is 0 Å². The zero-order chi connectivity index (χ0) is 11.7. The van der Waals surface area contributed by atoms with Gasteiger partial charge in [0.15, 0.2) is 0 Å². The van der Waals surface area contributed by atoms with Crippen molar-refractivity contribution >= 4 is 21.9 Å². The molecule has 1 aromatic heterocycles. The molecule has 1 aromatic rings. The fourth-order valence-electron chi connectivity index (χ4n) is 1.57. The Morgan fingerprint density at radius 1 is 1.44 bits per heavy atom. The third kappa shape index (κ3) is 2.11. The topological polar surface area (TPSA) is 78.7 Å². The number of ether oxygens (including phenoxy) is 1. The lowest BCUT2D eigenvalue weighted by Gasteiger charge is -2.15. The van der Waals surface area contributed by atoms with Gasteiger partial charge in [0, 0.05) is 13.1 Å². The summed E-state index contributed by atoms with van der Waals surface area (Å²) in [5.74, 6) is 0.872. The molecule has 2 rings (SSSR count). The average Bonchev–Trinajstić information content (AvgIpc) is 2.60. The summed E-state index contributed by atoms with van der Waals surface area (Å²) < 4.78 is 5.72. The number of nitrogens with zero attached hydrogens (tertiary/aromatic N) is 3. The van der Waals surface area contributed by atoms with Gasteiger partial charge in [-0.1, -0.05) is 0 Å². The standard InChI is InChI=1S/C9H12BrN3O3/c1-16-8-5(10)2-11-9(12-8)13-3-6(14)7(15)4-13/h2,6-7,14-15H,3-4H2,1H3. The summed E-state index contributed by atoms with van der Waals surface area (Å²) in [7, 11) is 1.52. The molecule has 0 bridgehead atoms. The minimum Gasteiger partial charge on any atom is -0.480 e. The number of aliphatic hydroxyl groups excluding tert-OH is 2. The molecule has 1 saturated heterocycles. The monoisotopic (exact) mass is 289 g/mol. The fraction of sp³-hybridized carbons (Fsp3) is 0.556. The highest BCUT2D eigenvalue weighted by Gasteiger charge is 2.31. The van der Waals surface area contributed by atoms with Crippen LogP contribution in [0.25, 0.3) is 0 Å². The zero-order valence-corrected chi connectivity index (χ0v) is 10.3. The van der Waals surface area contributed by atoms with Crippen molar-refractivity contribution in [1.29, 1.82) is 0 Å². The lowest BCUT2D eigenvalue weighted by molar-refractivity contribution is 0.0572. The lowest BCUT2D eigenvalue weighted by atomic mass is 10.3. The molecule has 1 aliphatic heterocycles. The number of halogens is 1. The average molecular weight is 290 g/mol. The van der Waals surface area contributed by atoms with Crippen molar-refractivity contribution in [2.24, 2.45) is 0 Å². The molecular formula is C9H12BrN3O3. The van der Waals surface area contributed by atoms with Gasteiger partial charge in [0.1, 0.15) is 0 Å². The van der Waals surface area contributed by atoms with Crippen molar-refractivity contribution < 1.29 is 14.9 Å². The molecule has 2 atom stereocenters. The summed E-state index contributed by atoms with van der Waals surface area (Å²) >= 11 is 3.26. The number of rotatable bonds is 2. The van der Waals surface area contributed by atoms with Gasteiger partial charge in [-0.15, -0.1) is 0 Å². The maximum atomic E-state index is 9.42. The molecule has 0 aromatic carbocycles. The molecule has 1 fully saturated rings. The predicted molar refractivity (Wildman–Crippen MR) is 60.5 cm³/mol. The van der Waals surface area contributed by atoms with Gasteiger partial charge in [0.25, 0.3) is 0 Å². The number of β-amino-alcohol motifs (C(OH)–C–C–N with tert-alkyl or cyclic N) is 2. The van der Waals surface area contributed by atoms with Crippen molar-refractivity contribution in [3.05, 3.63) is 10.7 Å². The number of anilines is 1. The van der Waals surface area contributed by atoms with Crippen LogP contribution in [0.1, 0.15) is 0 Å². The molecule has 0 aliphatic carbocycles. The molecule has 16 heavy (non-hydrogen) atoms. The first kappa shape index (κ1) is 11.6. The molecule has 0 radical (unpaired) electrons. The number of hydrogen-bond acceptors (Lipinski definition) is 6. The van der Waals surface area contributed by atoms with E-state index in [9.17, 15) is 10.2 Å². The minimum atomic E-state index is -0.752. The van der Waals surface area contributed by atoms with E-state index in [4.69, 9.17) is 4.74 Å². The van der Waals surface area contributed by atoms with Crippen LogP contribution in [0.4, 0.5) is 5.95 Å². The van der Waals surface area contributed by atoms with Crippen LogP contribution in [0.3, 0.4) is 0 Å². The Balaban J connectivity index is 2.22. The molecule has 7 heteroatoms. The second-order valence-electron chi connectivity index (χ2n) is 3.57. The van der Waals surface area contributed by atoms with Crippen LogP contribution < -0.4 is 9.64 Å². The highest BCUT2D eigenvalue weighted by Crippen LogP contribution is 2.25. The molecule has 88 valence electrons. The Bertz CT molecular complexity index is 380. The zero-order valence-electron chi connectivity index (χ0n) is 8.67. The normalized spacial score (nSPS) is 24.9. The van der Waals surface area contributed by atoms with E-state index in [0.717, 1.165) is 0 Å². The number of hydrogen-bond donors (Lipinski definition) is 2. The molecular weight excluding hydrogens is 278 g/mol. The van der Waals surface area contributed by atoms with Crippen LogP contribution in [0.2, 0.25) is 0 Å². The number of aliphatic hydroxyl groups is 2. The summed E-state index contributed by atoms with van der Waals surface area (Å²) in [5.41, 5.74) is 0. The van der Waals surface area contributed by atoms with Crippen LogP contribution in [0.15, 0.2) is 10.7 Å². The molecule has 0 amide bonds. The van der Waals surface area contributed by atoms with Gasteiger partial charge >= 0.3 is 0 Å². The highest BCUT2D eigenvalue weighted by atomic mass is 79.9. The third-order valence-electron chi connectivity index (χ3n) is 2.43. The van der Waals surface area contributed by atoms with Gasteiger partial charge < -0.3 is 19.8 Å². The second-order valence-corrected chi connectivity index (χ2v) is 4.42. The maximum Gasteiger partial charge on any atom is 0.232 e. The first-order chi connectivity index (χ1) is 7.61. The van der Waals surface area contributed by atoms with E-state index >= 15 is 0 Å². The van der Waals surface area contributed by atoms with Gasteiger partial charge in [0.2, 0.25) is 11.8 Å². The Hall–Kier alpha value is -0.920. The molecule has 2 heterocycles. The smallest absolute Gasteiger partial charge is 0.232 e. The summed E-state index contributed by atoms with van der Waals surface area (Å²) in [6.07, 6.45) is 0.0783. The Labute approximate surface area is 101 Å². The van der Waals surface area contributed by atoms with Gasteiger partial charge in [-0.25, -0.2) is 4.98 Å². The summed E-state index contributed by atoms with van der Waals surface area (Å²) in [4.78, 5) is 9.98. The van der Waals surface area contributed by atoms with E-state index in [1.54, 1.807) is 11.1 Å². The Morgan fingerprint density at radius 2 is 2.06 bits per heavy atom. The van der Waals surface area contributed by atoms with Crippen LogP contribution in [0, 0.1) is 0 Å². The summed E-state index contributed by atoms with van der Waals surface area (Å²) in [6.45, 7) is 0.651. The number of methoxy groups -OCH3 is 1. The van der Waals surface area contributed by atoms with Gasteiger partial charge in [-0.2, -0.15) is 4.98 Å². The quantitative estimate of drug-likeness (QED) is 0.784. The summed E-state index contributed by atoms with van der Waals surface area (Å²) in [6, 6.07) is 0. The van der Waals surface area contributed by atoms with Crippen molar-refractivity contribution in [3.63, 3.8) is 0 Å². The lowest BCUT2D eigenvalue weighted by Crippen LogP contribution is -2.23. The second kappa shape index (κ2) is 4.52. The SMILES string of the molecule is COc1nc(N2CC(O)C(O)C2)ncc1Br. The minimum absolute atomic E-state index is 0.325. The molecule has 0 spiro atoms. The van der Waals surface area contributed by atoms with Gasteiger partial charge in [-0.3, -0.25) is 0 Å². The van der Waals surface area contributed by atoms with Crippen LogP contribution in [-0.2, 0) is 0 Å². The van der Waals surface area contributed by atoms with E-state index in [1.807, 2.05) is 0 Å². The van der Waals surface area contributed by atoms with Crippen LogP contribution in [-0.4, -0.2) is 52.6 Å². The first-order valence-electron chi connectivity index (χ1n) is 4.79. The van der Waals surface area contributed by atoms with Gasteiger partial charge in [-0.05, 0) is 15.9 Å². The molecule has 2 unspecified atom stereocenters. The third-order valence-corrected chi connectivity index (χ3v) is 2.98. The molecule has 1 aliphatic rings. The Morgan fingerprint density at radius 3 is 2.62 bits per heavy atom. The van der Waals surface area contributed by atoms with Gasteiger partial charge in [0.05, 0.1) is 30.0 Å². The highest BCUT2D eigenvalue weighted by molar-refractivity contribution is 9.10. The van der Waals surface area contributed by atoms with E-state index in [0.29, 0.717) is 29.4 Å². The van der Waals surface area contributed by atoms with Crippen LogP contribution in [0.5, 0.6) is 5.88 Å². The van der Waals surface area contributed by atoms with Crippen molar-refractivity contribution in [2.75, 3.05) is 25.1 Å². The van der Waals surface area contributed by atoms with Crippen molar-refractivity contribution in [1.82, 2.24) is 9.97 Å². The maximum absolute atomic E-state index is 9.42. The van der Waals surface area contributed by atoms with E-state index in [1.165, 1.54) is 7.11 Å². The molecule has 0 saturated carbocycles.